The quantitative estimate of drug-likeness (QED) is 0.866. The SMILES string of the molecule is CC(C)(C)c1ccc(C(O)C(C)(C)C(=O)O)cc1. The van der Waals surface area contributed by atoms with Crippen molar-refractivity contribution >= 4 is 5.97 Å². The van der Waals surface area contributed by atoms with Gasteiger partial charge in [-0.2, -0.15) is 0 Å². The molecule has 0 amide bonds. The monoisotopic (exact) mass is 250 g/mol. The molecule has 1 rings (SSSR count). The molecule has 0 aliphatic heterocycles. The molecule has 0 aliphatic rings. The first-order valence-corrected chi connectivity index (χ1v) is 6.08. The molecule has 1 unspecified atom stereocenters. The predicted molar refractivity (Wildman–Crippen MR) is 71.5 cm³/mol. The lowest BCUT2D eigenvalue weighted by Crippen LogP contribution is -2.31. The summed E-state index contributed by atoms with van der Waals surface area (Å²) in [5, 5.41) is 19.2. The fourth-order valence-electron chi connectivity index (χ4n) is 1.70. The number of aliphatic hydroxyl groups excluding tert-OH is 1. The summed E-state index contributed by atoms with van der Waals surface area (Å²) in [5.74, 6) is -1.00. The zero-order chi connectivity index (χ0) is 14.1. The lowest BCUT2D eigenvalue weighted by molar-refractivity contribution is -0.153. The van der Waals surface area contributed by atoms with Crippen LogP contribution in [0.2, 0.25) is 0 Å². The van der Waals surface area contributed by atoms with Crippen LogP contribution in [0.1, 0.15) is 51.8 Å². The van der Waals surface area contributed by atoms with Gasteiger partial charge in [0, 0.05) is 0 Å². The Balaban J connectivity index is 3.03. The highest BCUT2D eigenvalue weighted by Crippen LogP contribution is 2.34. The summed E-state index contributed by atoms with van der Waals surface area (Å²) < 4.78 is 0. The summed E-state index contributed by atoms with van der Waals surface area (Å²) in [4.78, 5) is 11.1. The van der Waals surface area contributed by atoms with Gasteiger partial charge < -0.3 is 10.2 Å². The van der Waals surface area contributed by atoms with E-state index in [-0.39, 0.29) is 5.41 Å². The third-order valence-electron chi connectivity index (χ3n) is 3.33. The Morgan fingerprint density at radius 1 is 1.06 bits per heavy atom. The van der Waals surface area contributed by atoms with Crippen molar-refractivity contribution in [2.75, 3.05) is 0 Å². The van der Waals surface area contributed by atoms with Crippen molar-refractivity contribution in [3.63, 3.8) is 0 Å². The summed E-state index contributed by atoms with van der Waals surface area (Å²) in [6, 6.07) is 7.48. The summed E-state index contributed by atoms with van der Waals surface area (Å²) in [7, 11) is 0. The molecule has 2 N–H and O–H groups in total. The molecule has 1 aromatic rings. The summed E-state index contributed by atoms with van der Waals surface area (Å²) in [5.41, 5.74) is 0.650. The highest BCUT2D eigenvalue weighted by molar-refractivity contribution is 5.74. The number of carboxylic acids is 1. The van der Waals surface area contributed by atoms with E-state index in [0.29, 0.717) is 5.56 Å². The van der Waals surface area contributed by atoms with Crippen molar-refractivity contribution in [2.45, 2.75) is 46.1 Å². The molecule has 0 radical (unpaired) electrons. The Labute approximate surface area is 108 Å². The van der Waals surface area contributed by atoms with E-state index < -0.39 is 17.5 Å². The fourth-order valence-corrected chi connectivity index (χ4v) is 1.70. The Morgan fingerprint density at radius 2 is 1.50 bits per heavy atom. The summed E-state index contributed by atoms with van der Waals surface area (Å²) >= 11 is 0. The van der Waals surface area contributed by atoms with Gasteiger partial charge in [0.15, 0.2) is 0 Å². The first-order chi connectivity index (χ1) is 8.06. The maximum atomic E-state index is 11.1. The number of hydrogen-bond acceptors (Lipinski definition) is 2. The zero-order valence-corrected chi connectivity index (χ0v) is 11.7. The Bertz CT molecular complexity index is 424. The molecule has 3 nitrogen and oxygen atoms in total. The van der Waals surface area contributed by atoms with Crippen molar-refractivity contribution in [3.8, 4) is 0 Å². The second-order valence-corrected chi connectivity index (χ2v) is 6.30. The number of hydrogen-bond donors (Lipinski definition) is 2. The van der Waals surface area contributed by atoms with Crippen LogP contribution in [-0.4, -0.2) is 16.2 Å². The lowest BCUT2D eigenvalue weighted by Gasteiger charge is -2.27. The minimum Gasteiger partial charge on any atom is -0.481 e. The van der Waals surface area contributed by atoms with E-state index in [4.69, 9.17) is 5.11 Å². The minimum atomic E-state index is -1.19. The third-order valence-corrected chi connectivity index (χ3v) is 3.33. The summed E-state index contributed by atoms with van der Waals surface area (Å²) in [6.45, 7) is 9.38. The van der Waals surface area contributed by atoms with E-state index in [2.05, 4.69) is 20.8 Å². The van der Waals surface area contributed by atoms with Crippen LogP contribution in [0.4, 0.5) is 0 Å². The van der Waals surface area contributed by atoms with Crippen LogP contribution < -0.4 is 0 Å². The first kappa shape index (κ1) is 14.7. The predicted octanol–water partition coefficient (Wildman–Crippen LogP) is 3.13. The van der Waals surface area contributed by atoms with E-state index in [1.807, 2.05) is 12.1 Å². The van der Waals surface area contributed by atoms with Crippen LogP contribution >= 0.6 is 0 Å². The molecule has 0 heterocycles. The van der Waals surface area contributed by atoms with Gasteiger partial charge in [0.25, 0.3) is 0 Å². The third kappa shape index (κ3) is 2.91. The van der Waals surface area contributed by atoms with E-state index in [1.54, 1.807) is 12.1 Å². The fraction of sp³-hybridized carbons (Fsp3) is 0.533. The van der Waals surface area contributed by atoms with E-state index in [9.17, 15) is 9.90 Å². The molecule has 100 valence electrons. The van der Waals surface area contributed by atoms with E-state index in [1.165, 1.54) is 13.8 Å². The second kappa shape index (κ2) is 4.73. The Hall–Kier alpha value is -1.35. The summed E-state index contributed by atoms with van der Waals surface area (Å²) in [6.07, 6.45) is -1.01. The molecule has 0 saturated carbocycles. The standard InChI is InChI=1S/C15H22O3/c1-14(2,3)11-8-6-10(7-9-11)12(16)15(4,5)13(17)18/h6-9,12,16H,1-5H3,(H,17,18). The van der Waals surface area contributed by atoms with Gasteiger partial charge in [-0.25, -0.2) is 0 Å². The maximum absolute atomic E-state index is 11.1. The molecule has 1 aromatic carbocycles. The smallest absolute Gasteiger partial charge is 0.312 e. The lowest BCUT2D eigenvalue weighted by atomic mass is 9.81. The van der Waals surface area contributed by atoms with Gasteiger partial charge >= 0.3 is 5.97 Å². The number of aliphatic hydroxyl groups is 1. The molecule has 0 bridgehead atoms. The van der Waals surface area contributed by atoms with Crippen molar-refractivity contribution in [1.82, 2.24) is 0 Å². The van der Waals surface area contributed by atoms with Crippen LogP contribution in [0.15, 0.2) is 24.3 Å². The Morgan fingerprint density at radius 3 is 1.83 bits per heavy atom. The number of carbonyl (C=O) groups is 1. The normalized spacial score (nSPS) is 14.3. The average Bonchev–Trinajstić information content (AvgIpc) is 2.26. The van der Waals surface area contributed by atoms with E-state index in [0.717, 1.165) is 5.56 Å². The highest BCUT2D eigenvalue weighted by atomic mass is 16.4. The Kier molecular flexibility index (Phi) is 3.86. The van der Waals surface area contributed by atoms with Crippen LogP contribution in [0.25, 0.3) is 0 Å². The molecule has 18 heavy (non-hydrogen) atoms. The molecule has 0 aliphatic carbocycles. The van der Waals surface area contributed by atoms with Gasteiger partial charge in [-0.3, -0.25) is 4.79 Å². The zero-order valence-electron chi connectivity index (χ0n) is 11.7. The largest absolute Gasteiger partial charge is 0.481 e. The van der Waals surface area contributed by atoms with Crippen molar-refractivity contribution in [1.29, 1.82) is 0 Å². The maximum Gasteiger partial charge on any atom is 0.312 e. The molecule has 0 saturated heterocycles. The van der Waals surface area contributed by atoms with Gasteiger partial charge in [0.2, 0.25) is 0 Å². The van der Waals surface area contributed by atoms with Crippen LogP contribution in [0.3, 0.4) is 0 Å². The van der Waals surface area contributed by atoms with E-state index >= 15 is 0 Å². The molecule has 0 aromatic heterocycles. The first-order valence-electron chi connectivity index (χ1n) is 6.08. The van der Waals surface area contributed by atoms with Crippen molar-refractivity contribution in [2.24, 2.45) is 5.41 Å². The molecule has 0 spiro atoms. The number of carboxylic acid groups (broad SMARTS) is 1. The number of rotatable bonds is 3. The molecule has 1 atom stereocenters. The molecular weight excluding hydrogens is 228 g/mol. The molecule has 3 heteroatoms. The minimum absolute atomic E-state index is 0.0474. The van der Waals surface area contributed by atoms with Gasteiger partial charge in [-0.15, -0.1) is 0 Å². The topological polar surface area (TPSA) is 57.5 Å². The molecule has 0 fully saturated rings. The van der Waals surface area contributed by atoms with Gasteiger partial charge in [-0.1, -0.05) is 45.0 Å². The van der Waals surface area contributed by atoms with Gasteiger partial charge in [0.1, 0.15) is 0 Å². The van der Waals surface area contributed by atoms with Gasteiger partial charge in [0.05, 0.1) is 11.5 Å². The van der Waals surface area contributed by atoms with Crippen LogP contribution in [-0.2, 0) is 10.2 Å². The second-order valence-electron chi connectivity index (χ2n) is 6.30. The average molecular weight is 250 g/mol. The van der Waals surface area contributed by atoms with Crippen LogP contribution in [0, 0.1) is 5.41 Å². The van der Waals surface area contributed by atoms with Crippen molar-refractivity contribution in [3.05, 3.63) is 35.4 Å². The van der Waals surface area contributed by atoms with Gasteiger partial charge in [-0.05, 0) is 30.4 Å². The van der Waals surface area contributed by atoms with Crippen LogP contribution in [0.5, 0.6) is 0 Å². The number of benzene rings is 1. The van der Waals surface area contributed by atoms with Crippen molar-refractivity contribution < 1.29 is 15.0 Å². The number of aliphatic carboxylic acids is 1. The highest BCUT2D eigenvalue weighted by Gasteiger charge is 2.36. The molecular formula is C15H22O3.